The molecule has 1 aliphatic heterocycles. The maximum Gasteiger partial charge on any atom is 0.134 e. The first-order valence-electron chi connectivity index (χ1n) is 7.14. The third-order valence-electron chi connectivity index (χ3n) is 3.75. The zero-order chi connectivity index (χ0) is 14.5. The van der Waals surface area contributed by atoms with E-state index in [2.05, 4.69) is 40.6 Å². The van der Waals surface area contributed by atoms with Gasteiger partial charge in [0.2, 0.25) is 0 Å². The van der Waals surface area contributed by atoms with Crippen LogP contribution in [0, 0.1) is 4.91 Å². The summed E-state index contributed by atoms with van der Waals surface area (Å²) in [7, 11) is 0. The maximum atomic E-state index is 10.2. The van der Waals surface area contributed by atoms with Crippen molar-refractivity contribution >= 4 is 17.0 Å². The monoisotopic (exact) mass is 282 g/mol. The Morgan fingerprint density at radius 1 is 1.00 bits per heavy atom. The molecule has 1 aliphatic rings. The smallest absolute Gasteiger partial charge is 0.134 e. The van der Waals surface area contributed by atoms with E-state index < -0.39 is 0 Å². The van der Waals surface area contributed by atoms with Crippen LogP contribution in [0.1, 0.15) is 5.56 Å². The summed E-state index contributed by atoms with van der Waals surface area (Å²) >= 11 is 0. The Labute approximate surface area is 123 Å². The lowest BCUT2D eigenvalue weighted by Gasteiger charge is -2.31. The average molecular weight is 282 g/mol. The molecular formula is C16H18N4O. The molecule has 0 bridgehead atoms. The molecular weight excluding hydrogens is 264 g/mol. The second kappa shape index (κ2) is 6.45. The van der Waals surface area contributed by atoms with Crippen LogP contribution in [0.5, 0.6) is 0 Å². The van der Waals surface area contributed by atoms with Crippen LogP contribution < -0.4 is 0 Å². The van der Waals surface area contributed by atoms with Crippen LogP contribution in [-0.4, -0.2) is 49.0 Å². The SMILES string of the molecule is O=NCN1CCN(/N=C/c2ccc3ccccc3c2)CC1. The standard InChI is InChI=1S/C16H18N4O/c21-18-13-19-7-9-20(10-8-19)17-12-14-5-6-15-3-1-2-4-16(15)11-14/h1-6,11-12H,7-10,13H2/b17-12+. The van der Waals surface area contributed by atoms with Gasteiger partial charge in [-0.1, -0.05) is 41.6 Å². The van der Waals surface area contributed by atoms with E-state index in [1.807, 2.05) is 28.3 Å². The molecule has 21 heavy (non-hydrogen) atoms. The summed E-state index contributed by atoms with van der Waals surface area (Å²) in [5, 5.41) is 12.0. The van der Waals surface area contributed by atoms with Gasteiger partial charge in [0.1, 0.15) is 6.67 Å². The lowest BCUT2D eigenvalue weighted by molar-refractivity contribution is 0.139. The Bertz CT molecular complexity index is 648. The van der Waals surface area contributed by atoms with Crippen molar-refractivity contribution in [3.63, 3.8) is 0 Å². The van der Waals surface area contributed by atoms with Gasteiger partial charge < -0.3 is 0 Å². The number of piperazine rings is 1. The maximum absolute atomic E-state index is 10.2. The second-order valence-electron chi connectivity index (χ2n) is 5.19. The predicted octanol–water partition coefficient (Wildman–Crippen LogP) is 2.52. The van der Waals surface area contributed by atoms with Crippen LogP contribution in [0.3, 0.4) is 0 Å². The molecule has 1 fully saturated rings. The Balaban J connectivity index is 1.64. The molecule has 0 saturated carbocycles. The topological polar surface area (TPSA) is 48.3 Å². The highest BCUT2D eigenvalue weighted by atomic mass is 16.3. The Morgan fingerprint density at radius 2 is 1.76 bits per heavy atom. The normalized spacial score (nSPS) is 16.7. The van der Waals surface area contributed by atoms with Gasteiger partial charge in [-0.15, -0.1) is 4.91 Å². The van der Waals surface area contributed by atoms with E-state index in [9.17, 15) is 4.91 Å². The van der Waals surface area contributed by atoms with Gasteiger partial charge in [-0.2, -0.15) is 5.10 Å². The molecule has 5 heteroatoms. The number of hydrazone groups is 1. The summed E-state index contributed by atoms with van der Waals surface area (Å²) < 4.78 is 0. The van der Waals surface area contributed by atoms with Gasteiger partial charge in [-0.3, -0.25) is 9.91 Å². The van der Waals surface area contributed by atoms with Gasteiger partial charge in [0.05, 0.1) is 6.21 Å². The fourth-order valence-electron chi connectivity index (χ4n) is 2.51. The lowest BCUT2D eigenvalue weighted by Crippen LogP contribution is -2.43. The molecule has 2 aromatic carbocycles. The third kappa shape index (κ3) is 3.44. The Hall–Kier alpha value is -2.27. The predicted molar refractivity (Wildman–Crippen MR) is 85.4 cm³/mol. The first kappa shape index (κ1) is 13.7. The van der Waals surface area contributed by atoms with E-state index >= 15 is 0 Å². The van der Waals surface area contributed by atoms with Crippen molar-refractivity contribution in [2.24, 2.45) is 10.3 Å². The summed E-state index contributed by atoms with van der Waals surface area (Å²) in [5.74, 6) is 0. The zero-order valence-corrected chi connectivity index (χ0v) is 11.9. The Kier molecular flexibility index (Phi) is 4.21. The highest BCUT2D eigenvalue weighted by molar-refractivity contribution is 5.90. The van der Waals surface area contributed by atoms with E-state index in [1.54, 1.807) is 0 Å². The fourth-order valence-corrected chi connectivity index (χ4v) is 2.51. The molecule has 108 valence electrons. The summed E-state index contributed by atoms with van der Waals surface area (Å²) in [6.07, 6.45) is 1.90. The minimum absolute atomic E-state index is 0.280. The molecule has 0 amide bonds. The van der Waals surface area contributed by atoms with Crippen LogP contribution >= 0.6 is 0 Å². The van der Waals surface area contributed by atoms with Gasteiger partial charge in [0, 0.05) is 26.2 Å². The average Bonchev–Trinajstić information content (AvgIpc) is 2.54. The van der Waals surface area contributed by atoms with E-state index in [4.69, 9.17) is 0 Å². The van der Waals surface area contributed by atoms with Crippen molar-refractivity contribution in [1.82, 2.24) is 9.91 Å². The number of nitrogens with zero attached hydrogens (tertiary/aromatic N) is 4. The van der Waals surface area contributed by atoms with E-state index in [0.29, 0.717) is 0 Å². The van der Waals surface area contributed by atoms with Crippen LogP contribution in [0.25, 0.3) is 10.8 Å². The molecule has 1 heterocycles. The summed E-state index contributed by atoms with van der Waals surface area (Å²) in [6.45, 7) is 3.61. The minimum Gasteiger partial charge on any atom is -0.294 e. The second-order valence-corrected chi connectivity index (χ2v) is 5.19. The van der Waals surface area contributed by atoms with Crippen molar-refractivity contribution < 1.29 is 0 Å². The molecule has 0 unspecified atom stereocenters. The summed E-state index contributed by atoms with van der Waals surface area (Å²) in [4.78, 5) is 12.3. The van der Waals surface area contributed by atoms with Gasteiger partial charge in [0.15, 0.2) is 0 Å². The summed E-state index contributed by atoms with van der Waals surface area (Å²) in [5.41, 5.74) is 1.10. The van der Waals surface area contributed by atoms with Crippen molar-refractivity contribution in [2.45, 2.75) is 0 Å². The van der Waals surface area contributed by atoms with Crippen LogP contribution in [-0.2, 0) is 0 Å². The number of benzene rings is 2. The molecule has 0 spiro atoms. The van der Waals surface area contributed by atoms with E-state index in [0.717, 1.165) is 31.7 Å². The number of hydrogen-bond donors (Lipinski definition) is 0. The molecule has 2 aromatic rings. The number of nitroso groups, excluding NO2 is 1. The highest BCUT2D eigenvalue weighted by Gasteiger charge is 2.14. The molecule has 0 N–H and O–H groups in total. The lowest BCUT2D eigenvalue weighted by atomic mass is 10.1. The molecule has 3 rings (SSSR count). The first-order valence-corrected chi connectivity index (χ1v) is 7.14. The molecule has 0 aromatic heterocycles. The first-order chi connectivity index (χ1) is 10.3. The largest absolute Gasteiger partial charge is 0.294 e. The zero-order valence-electron chi connectivity index (χ0n) is 11.9. The van der Waals surface area contributed by atoms with Gasteiger partial charge >= 0.3 is 0 Å². The van der Waals surface area contributed by atoms with Crippen molar-refractivity contribution in [3.8, 4) is 0 Å². The van der Waals surface area contributed by atoms with Crippen molar-refractivity contribution in [1.29, 1.82) is 0 Å². The molecule has 1 saturated heterocycles. The van der Waals surface area contributed by atoms with Gasteiger partial charge in [-0.25, -0.2) is 0 Å². The third-order valence-corrected chi connectivity index (χ3v) is 3.75. The Morgan fingerprint density at radius 3 is 2.52 bits per heavy atom. The van der Waals surface area contributed by atoms with Gasteiger partial charge in [0.25, 0.3) is 0 Å². The molecule has 5 nitrogen and oxygen atoms in total. The number of fused-ring (bicyclic) bond motifs is 1. The van der Waals surface area contributed by atoms with Crippen LogP contribution in [0.2, 0.25) is 0 Å². The fraction of sp³-hybridized carbons (Fsp3) is 0.312. The van der Waals surface area contributed by atoms with E-state index in [1.165, 1.54) is 10.8 Å². The van der Waals surface area contributed by atoms with Crippen LogP contribution in [0.4, 0.5) is 0 Å². The molecule has 0 radical (unpaired) electrons. The quantitative estimate of drug-likeness (QED) is 0.639. The number of rotatable bonds is 4. The highest BCUT2D eigenvalue weighted by Crippen LogP contribution is 2.14. The molecule has 0 atom stereocenters. The van der Waals surface area contributed by atoms with Crippen LogP contribution in [0.15, 0.2) is 52.7 Å². The van der Waals surface area contributed by atoms with E-state index in [-0.39, 0.29) is 6.67 Å². The minimum atomic E-state index is 0.280. The number of hydrogen-bond acceptors (Lipinski definition) is 5. The van der Waals surface area contributed by atoms with Gasteiger partial charge in [-0.05, 0) is 22.4 Å². The van der Waals surface area contributed by atoms with Crippen molar-refractivity contribution in [2.75, 3.05) is 32.8 Å². The van der Waals surface area contributed by atoms with Crippen molar-refractivity contribution in [3.05, 3.63) is 52.9 Å². The molecule has 0 aliphatic carbocycles. The summed E-state index contributed by atoms with van der Waals surface area (Å²) in [6, 6.07) is 14.6.